The molecule has 1 aliphatic rings. The summed E-state index contributed by atoms with van der Waals surface area (Å²) in [6.07, 6.45) is 0. The van der Waals surface area contributed by atoms with Gasteiger partial charge in [0.15, 0.2) is 0 Å². The zero-order valence-corrected chi connectivity index (χ0v) is 9.67. The van der Waals surface area contributed by atoms with E-state index in [0.717, 1.165) is 25.3 Å². The molecule has 82 valence electrons. The van der Waals surface area contributed by atoms with E-state index in [9.17, 15) is 4.79 Å². The van der Waals surface area contributed by atoms with Gasteiger partial charge in [-0.15, -0.1) is 5.10 Å². The summed E-state index contributed by atoms with van der Waals surface area (Å²) in [5, 5.41) is 7.12. The summed E-state index contributed by atoms with van der Waals surface area (Å²) in [6.45, 7) is 6.35. The third kappa shape index (κ3) is 2.00. The summed E-state index contributed by atoms with van der Waals surface area (Å²) in [6, 6.07) is 0.243. The molecule has 2 heterocycles. The highest BCUT2D eigenvalue weighted by Gasteiger charge is 2.26. The maximum absolute atomic E-state index is 12.1. The van der Waals surface area contributed by atoms with Crippen molar-refractivity contribution < 1.29 is 4.79 Å². The molecule has 1 aromatic rings. The molecule has 0 unspecified atom stereocenters. The lowest BCUT2D eigenvalue weighted by atomic mass is 10.2. The van der Waals surface area contributed by atoms with Crippen LogP contribution in [0.3, 0.4) is 0 Å². The minimum absolute atomic E-state index is 0.0662. The number of nitrogens with one attached hydrogen (secondary N) is 1. The summed E-state index contributed by atoms with van der Waals surface area (Å²) in [7, 11) is 0. The van der Waals surface area contributed by atoms with Gasteiger partial charge >= 0.3 is 0 Å². The van der Waals surface area contributed by atoms with Gasteiger partial charge < -0.3 is 10.2 Å². The Hall–Kier alpha value is -1.01. The molecule has 1 amide bonds. The van der Waals surface area contributed by atoms with Crippen molar-refractivity contribution >= 4 is 17.4 Å². The Morgan fingerprint density at radius 3 is 3.07 bits per heavy atom. The zero-order chi connectivity index (χ0) is 10.8. The van der Waals surface area contributed by atoms with Gasteiger partial charge in [0.1, 0.15) is 4.88 Å². The van der Waals surface area contributed by atoms with Crippen LogP contribution in [0.5, 0.6) is 0 Å². The number of carbonyl (C=O) groups excluding carboxylic acids is 1. The van der Waals surface area contributed by atoms with Crippen LogP contribution >= 0.6 is 11.5 Å². The molecule has 0 spiro atoms. The number of hydrogen-bond donors (Lipinski definition) is 1. The second kappa shape index (κ2) is 4.24. The number of aryl methyl sites for hydroxylation is 1. The van der Waals surface area contributed by atoms with Gasteiger partial charge in [-0.1, -0.05) is 4.49 Å². The predicted octanol–water partition coefficient (Wildman–Crippen LogP) is 0.280. The molecular weight excluding hydrogens is 212 g/mol. The van der Waals surface area contributed by atoms with Gasteiger partial charge in [-0.3, -0.25) is 4.79 Å². The topological polar surface area (TPSA) is 58.1 Å². The molecule has 6 heteroatoms. The van der Waals surface area contributed by atoms with Gasteiger partial charge in [0.25, 0.3) is 5.91 Å². The molecule has 15 heavy (non-hydrogen) atoms. The van der Waals surface area contributed by atoms with E-state index in [1.54, 1.807) is 0 Å². The number of piperazine rings is 1. The Kier molecular flexibility index (Phi) is 2.97. The molecule has 1 fully saturated rings. The highest BCUT2D eigenvalue weighted by molar-refractivity contribution is 7.07. The van der Waals surface area contributed by atoms with Gasteiger partial charge in [0.2, 0.25) is 0 Å². The van der Waals surface area contributed by atoms with E-state index in [0.29, 0.717) is 4.88 Å². The molecule has 0 radical (unpaired) electrons. The van der Waals surface area contributed by atoms with E-state index in [2.05, 4.69) is 14.9 Å². The van der Waals surface area contributed by atoms with Crippen molar-refractivity contribution in [3.63, 3.8) is 0 Å². The predicted molar refractivity (Wildman–Crippen MR) is 58.0 cm³/mol. The van der Waals surface area contributed by atoms with Crippen LogP contribution in [0.25, 0.3) is 0 Å². The lowest BCUT2D eigenvalue weighted by molar-refractivity contribution is 0.0660. The summed E-state index contributed by atoms with van der Waals surface area (Å²) < 4.78 is 3.79. The summed E-state index contributed by atoms with van der Waals surface area (Å²) in [4.78, 5) is 14.7. The first kappa shape index (κ1) is 10.5. The number of hydrogen-bond acceptors (Lipinski definition) is 5. The quantitative estimate of drug-likeness (QED) is 0.747. The molecule has 0 aliphatic carbocycles. The fourth-order valence-corrected chi connectivity index (χ4v) is 2.31. The Bertz CT molecular complexity index is 365. The van der Waals surface area contributed by atoms with Gasteiger partial charge in [0, 0.05) is 25.7 Å². The van der Waals surface area contributed by atoms with Gasteiger partial charge in [0.05, 0.1) is 5.69 Å². The van der Waals surface area contributed by atoms with Crippen molar-refractivity contribution in [3.8, 4) is 0 Å². The fraction of sp³-hybridized carbons (Fsp3) is 0.667. The number of rotatable bonds is 1. The second-order valence-electron chi connectivity index (χ2n) is 3.74. The minimum Gasteiger partial charge on any atom is -0.333 e. The van der Waals surface area contributed by atoms with Crippen LogP contribution in [0.2, 0.25) is 0 Å². The van der Waals surface area contributed by atoms with Crippen LogP contribution in [-0.2, 0) is 0 Å². The summed E-state index contributed by atoms with van der Waals surface area (Å²) in [5.41, 5.74) is 0.732. The lowest BCUT2D eigenvalue weighted by Crippen LogP contribution is -2.52. The van der Waals surface area contributed by atoms with Crippen LogP contribution in [0.4, 0.5) is 0 Å². The van der Waals surface area contributed by atoms with E-state index in [1.807, 2.05) is 18.7 Å². The molecular formula is C9H14N4OS. The second-order valence-corrected chi connectivity index (χ2v) is 4.49. The average Bonchev–Trinajstić information content (AvgIpc) is 2.64. The highest BCUT2D eigenvalue weighted by Crippen LogP contribution is 2.15. The Balaban J connectivity index is 2.17. The van der Waals surface area contributed by atoms with Gasteiger partial charge in [-0.25, -0.2) is 0 Å². The molecule has 0 saturated carbocycles. The Morgan fingerprint density at radius 2 is 2.47 bits per heavy atom. The third-order valence-electron chi connectivity index (χ3n) is 2.61. The average molecular weight is 226 g/mol. The number of nitrogens with zero attached hydrogens (tertiary/aromatic N) is 3. The van der Waals surface area contributed by atoms with E-state index in [-0.39, 0.29) is 11.9 Å². The monoisotopic (exact) mass is 226 g/mol. The number of amides is 1. The Labute approximate surface area is 92.6 Å². The first-order valence-corrected chi connectivity index (χ1v) is 5.78. The maximum atomic E-state index is 12.1. The first-order valence-electron chi connectivity index (χ1n) is 5.01. The molecule has 1 aliphatic heterocycles. The van der Waals surface area contributed by atoms with Crippen LogP contribution in [0.15, 0.2) is 0 Å². The molecule has 1 aromatic heterocycles. The van der Waals surface area contributed by atoms with E-state index < -0.39 is 0 Å². The van der Waals surface area contributed by atoms with Crippen molar-refractivity contribution in [2.24, 2.45) is 0 Å². The van der Waals surface area contributed by atoms with Crippen LogP contribution in [0, 0.1) is 6.92 Å². The molecule has 5 nitrogen and oxygen atoms in total. The summed E-state index contributed by atoms with van der Waals surface area (Å²) in [5.74, 6) is 0.0662. The lowest BCUT2D eigenvalue weighted by Gasteiger charge is -2.33. The van der Waals surface area contributed by atoms with E-state index >= 15 is 0 Å². The van der Waals surface area contributed by atoms with Crippen LogP contribution in [-0.4, -0.2) is 46.1 Å². The van der Waals surface area contributed by atoms with Crippen molar-refractivity contribution in [1.82, 2.24) is 19.8 Å². The number of carbonyl (C=O) groups is 1. The van der Waals surface area contributed by atoms with Gasteiger partial charge in [-0.2, -0.15) is 0 Å². The zero-order valence-electron chi connectivity index (χ0n) is 8.86. The standard InChI is InChI=1S/C9H14N4OS/c1-6-5-10-3-4-13(6)9(14)8-7(2)11-12-15-8/h6,10H,3-5H2,1-2H3/t6-/m1/s1. The molecule has 0 bridgehead atoms. The van der Waals surface area contributed by atoms with Gasteiger partial charge in [-0.05, 0) is 25.4 Å². The largest absolute Gasteiger partial charge is 0.333 e. The van der Waals surface area contributed by atoms with Crippen molar-refractivity contribution in [2.45, 2.75) is 19.9 Å². The van der Waals surface area contributed by atoms with Crippen LogP contribution < -0.4 is 5.32 Å². The van der Waals surface area contributed by atoms with Crippen molar-refractivity contribution in [3.05, 3.63) is 10.6 Å². The molecule has 1 atom stereocenters. The van der Waals surface area contributed by atoms with Crippen molar-refractivity contribution in [1.29, 1.82) is 0 Å². The van der Waals surface area contributed by atoms with E-state index in [1.165, 1.54) is 11.5 Å². The molecule has 1 N–H and O–H groups in total. The summed E-state index contributed by atoms with van der Waals surface area (Å²) >= 11 is 1.18. The maximum Gasteiger partial charge on any atom is 0.267 e. The first-order chi connectivity index (χ1) is 7.20. The minimum atomic E-state index is 0.0662. The SMILES string of the molecule is Cc1nnsc1C(=O)N1CCNC[C@H]1C. The third-order valence-corrected chi connectivity index (χ3v) is 3.42. The normalized spacial score (nSPS) is 21.7. The molecule has 0 aromatic carbocycles. The van der Waals surface area contributed by atoms with E-state index in [4.69, 9.17) is 0 Å². The van der Waals surface area contributed by atoms with Crippen LogP contribution in [0.1, 0.15) is 22.3 Å². The smallest absolute Gasteiger partial charge is 0.267 e. The molecule has 1 saturated heterocycles. The van der Waals surface area contributed by atoms with Crippen molar-refractivity contribution in [2.75, 3.05) is 19.6 Å². The molecule has 2 rings (SSSR count). The number of aromatic nitrogens is 2. The highest BCUT2D eigenvalue weighted by atomic mass is 32.1. The fourth-order valence-electron chi connectivity index (χ4n) is 1.70. The Morgan fingerprint density at radius 1 is 1.67 bits per heavy atom.